The molecule has 2 aliphatic heterocycles. The normalized spacial score (nSPS) is 20.0. The number of anilines is 2. The maximum atomic E-state index is 13.2. The summed E-state index contributed by atoms with van der Waals surface area (Å²) in [5.41, 5.74) is 7.56. The van der Waals surface area contributed by atoms with Gasteiger partial charge in [0.25, 0.3) is 0 Å². The number of primary amides is 1. The van der Waals surface area contributed by atoms with Crippen LogP contribution in [0.3, 0.4) is 0 Å². The predicted molar refractivity (Wildman–Crippen MR) is 117 cm³/mol. The summed E-state index contributed by atoms with van der Waals surface area (Å²) in [5.74, 6) is -1.03. The van der Waals surface area contributed by atoms with Gasteiger partial charge in [-0.25, -0.2) is 0 Å². The number of hydrogen-bond acceptors (Lipinski definition) is 5. The largest absolute Gasteiger partial charge is 0.394 e. The van der Waals surface area contributed by atoms with E-state index in [0.717, 1.165) is 5.56 Å². The molecule has 0 radical (unpaired) electrons. The average Bonchev–Trinajstić information content (AvgIpc) is 3.02. The van der Waals surface area contributed by atoms with Gasteiger partial charge in [0.15, 0.2) is 0 Å². The van der Waals surface area contributed by atoms with Gasteiger partial charge in [-0.1, -0.05) is 35.3 Å². The summed E-state index contributed by atoms with van der Waals surface area (Å²) < 4.78 is 0. The lowest BCUT2D eigenvalue weighted by molar-refractivity contribution is -0.137. The number of carbonyl (C=O) groups is 3. The second kappa shape index (κ2) is 8.03. The fourth-order valence-corrected chi connectivity index (χ4v) is 4.53. The van der Waals surface area contributed by atoms with Crippen molar-refractivity contribution in [2.45, 2.75) is 25.7 Å². The first kappa shape index (κ1) is 21.4. The van der Waals surface area contributed by atoms with E-state index in [0.29, 0.717) is 27.0 Å². The van der Waals surface area contributed by atoms with Gasteiger partial charge < -0.3 is 20.6 Å². The minimum atomic E-state index is -0.885. The first-order valence-corrected chi connectivity index (χ1v) is 10.3. The smallest absolute Gasteiger partial charge is 0.248 e. The lowest BCUT2D eigenvalue weighted by Crippen LogP contribution is -2.66. The van der Waals surface area contributed by atoms with Crippen LogP contribution in [0.4, 0.5) is 11.4 Å². The van der Waals surface area contributed by atoms with Crippen molar-refractivity contribution in [3.05, 3.63) is 57.6 Å². The number of amides is 3. The van der Waals surface area contributed by atoms with E-state index in [9.17, 15) is 19.5 Å². The van der Waals surface area contributed by atoms with E-state index in [1.807, 2.05) is 0 Å². The Bertz CT molecular complexity index is 1080. The number of aliphatic hydroxyl groups is 1. The monoisotopic (exact) mass is 462 g/mol. The molecule has 2 atom stereocenters. The molecule has 3 N–H and O–H groups in total. The minimum Gasteiger partial charge on any atom is -0.394 e. The van der Waals surface area contributed by atoms with Crippen LogP contribution in [-0.4, -0.2) is 53.1 Å². The second-order valence-corrected chi connectivity index (χ2v) is 8.32. The van der Waals surface area contributed by atoms with Gasteiger partial charge in [0, 0.05) is 19.0 Å². The van der Waals surface area contributed by atoms with Gasteiger partial charge in [-0.3, -0.25) is 19.3 Å². The highest BCUT2D eigenvalue weighted by Crippen LogP contribution is 2.46. The molecule has 8 nitrogen and oxygen atoms in total. The number of rotatable bonds is 4. The maximum absolute atomic E-state index is 13.2. The minimum absolute atomic E-state index is 0.219. The van der Waals surface area contributed by atoms with Crippen molar-refractivity contribution in [1.29, 1.82) is 0 Å². The van der Waals surface area contributed by atoms with Crippen LogP contribution in [-0.2, 0) is 16.1 Å². The van der Waals surface area contributed by atoms with Crippen molar-refractivity contribution in [1.82, 2.24) is 4.90 Å². The average molecular weight is 463 g/mol. The fourth-order valence-electron chi connectivity index (χ4n) is 4.22. The van der Waals surface area contributed by atoms with Crippen LogP contribution in [0.5, 0.6) is 0 Å². The number of halogens is 2. The van der Waals surface area contributed by atoms with E-state index in [4.69, 9.17) is 28.9 Å². The van der Waals surface area contributed by atoms with Crippen molar-refractivity contribution in [3.8, 4) is 0 Å². The zero-order valence-corrected chi connectivity index (χ0v) is 18.1. The molecule has 3 amide bonds. The molecule has 1 saturated heterocycles. The molecule has 0 aromatic heterocycles. The summed E-state index contributed by atoms with van der Waals surface area (Å²) in [6.07, 6.45) is -0.512. The molecular formula is C21H20Cl2N4O4. The Morgan fingerprint density at radius 3 is 2.29 bits per heavy atom. The highest BCUT2D eigenvalue weighted by Gasteiger charge is 2.49. The topological polar surface area (TPSA) is 107 Å². The molecule has 2 aromatic rings. The summed E-state index contributed by atoms with van der Waals surface area (Å²) in [5, 5.41) is 10.7. The number of hydrogen-bond donors (Lipinski definition) is 2. The molecule has 2 aliphatic rings. The third-order valence-corrected chi connectivity index (χ3v) is 6.34. The van der Waals surface area contributed by atoms with Gasteiger partial charge in [-0.15, -0.1) is 0 Å². The number of benzene rings is 2. The Morgan fingerprint density at radius 1 is 1.13 bits per heavy atom. The van der Waals surface area contributed by atoms with Gasteiger partial charge in [-0.05, 0) is 29.8 Å². The van der Waals surface area contributed by atoms with E-state index in [-0.39, 0.29) is 24.9 Å². The van der Waals surface area contributed by atoms with Crippen LogP contribution in [0.2, 0.25) is 10.0 Å². The third-order valence-electron chi connectivity index (χ3n) is 5.61. The van der Waals surface area contributed by atoms with Gasteiger partial charge >= 0.3 is 0 Å². The molecule has 0 unspecified atom stereocenters. The predicted octanol–water partition coefficient (Wildman–Crippen LogP) is 1.99. The quantitative estimate of drug-likeness (QED) is 0.722. The second-order valence-electron chi connectivity index (χ2n) is 7.51. The number of nitrogens with two attached hydrogens (primary N) is 1. The summed E-state index contributed by atoms with van der Waals surface area (Å²) >= 11 is 12.4. The molecule has 4 rings (SSSR count). The number of piperazine rings is 1. The van der Waals surface area contributed by atoms with E-state index in [1.54, 1.807) is 51.1 Å². The van der Waals surface area contributed by atoms with E-state index < -0.39 is 24.7 Å². The highest BCUT2D eigenvalue weighted by molar-refractivity contribution is 6.42. The Morgan fingerprint density at radius 2 is 1.74 bits per heavy atom. The van der Waals surface area contributed by atoms with Crippen LogP contribution in [0.1, 0.15) is 22.8 Å². The SMILES string of the molecule is CC(=O)N1c2cc(Cl)c(Cl)cc2N2[C@@H]1CN(Cc1ccc(C(N)=O)cc1)C(=O)[C@@H]2CO. The molecule has 2 heterocycles. The fraction of sp³-hybridized carbons (Fsp3) is 0.286. The van der Waals surface area contributed by atoms with Crippen LogP contribution in [0.25, 0.3) is 0 Å². The molecule has 0 aliphatic carbocycles. The molecule has 0 bridgehead atoms. The summed E-state index contributed by atoms with van der Waals surface area (Å²) in [6.45, 7) is 1.48. The molecule has 10 heteroatoms. The number of aliphatic hydroxyl groups excluding tert-OH is 1. The standard InChI is InChI=1S/C21H20Cl2N4O4/c1-11(29)26-16-6-14(22)15(23)7-17(16)27-18(10-28)21(31)25(9-19(26)27)8-12-2-4-13(5-3-12)20(24)30/h2-7,18-19,28H,8-10H2,1H3,(H2,24,30)/t18-,19+/m0/s1. The Kier molecular flexibility index (Phi) is 5.55. The van der Waals surface area contributed by atoms with Crippen molar-refractivity contribution < 1.29 is 19.5 Å². The zero-order valence-electron chi connectivity index (χ0n) is 16.6. The van der Waals surface area contributed by atoms with Crippen molar-refractivity contribution in [2.24, 2.45) is 5.73 Å². The van der Waals surface area contributed by atoms with Gasteiger partial charge in [0.05, 0.1) is 34.6 Å². The summed E-state index contributed by atoms with van der Waals surface area (Å²) in [7, 11) is 0. The number of carbonyl (C=O) groups excluding carboxylic acids is 3. The molecule has 0 spiro atoms. The molecule has 2 aromatic carbocycles. The van der Waals surface area contributed by atoms with E-state index in [1.165, 1.54) is 6.92 Å². The first-order chi connectivity index (χ1) is 14.7. The number of fused-ring (bicyclic) bond motifs is 3. The Balaban J connectivity index is 1.69. The first-order valence-electron chi connectivity index (χ1n) is 9.58. The van der Waals surface area contributed by atoms with E-state index >= 15 is 0 Å². The van der Waals surface area contributed by atoms with Gasteiger partial charge in [0.1, 0.15) is 12.2 Å². The van der Waals surface area contributed by atoms with Crippen molar-refractivity contribution in [2.75, 3.05) is 23.0 Å². The Labute approximate surface area is 188 Å². The lowest BCUT2D eigenvalue weighted by atomic mass is 10.1. The van der Waals surface area contributed by atoms with Crippen molar-refractivity contribution in [3.63, 3.8) is 0 Å². The lowest BCUT2D eigenvalue weighted by Gasteiger charge is -2.45. The maximum Gasteiger partial charge on any atom is 0.248 e. The van der Waals surface area contributed by atoms with Crippen LogP contribution in [0.15, 0.2) is 36.4 Å². The molecular weight excluding hydrogens is 443 g/mol. The van der Waals surface area contributed by atoms with Gasteiger partial charge in [-0.2, -0.15) is 0 Å². The van der Waals surface area contributed by atoms with Gasteiger partial charge in [0.2, 0.25) is 17.7 Å². The number of nitrogens with zero attached hydrogens (tertiary/aromatic N) is 3. The Hall–Kier alpha value is -2.81. The zero-order chi connectivity index (χ0) is 22.4. The van der Waals surface area contributed by atoms with Crippen LogP contribution >= 0.6 is 23.2 Å². The van der Waals surface area contributed by atoms with Crippen molar-refractivity contribution >= 4 is 52.3 Å². The van der Waals surface area contributed by atoms with Crippen LogP contribution in [0, 0.1) is 0 Å². The molecule has 0 saturated carbocycles. The molecule has 162 valence electrons. The third kappa shape index (κ3) is 3.60. The summed E-state index contributed by atoms with van der Waals surface area (Å²) in [6, 6.07) is 8.97. The summed E-state index contributed by atoms with van der Waals surface area (Å²) in [4.78, 5) is 41.9. The molecule has 31 heavy (non-hydrogen) atoms. The van der Waals surface area contributed by atoms with Crippen LogP contribution < -0.4 is 15.5 Å². The molecule has 1 fully saturated rings. The highest BCUT2D eigenvalue weighted by atomic mass is 35.5. The van der Waals surface area contributed by atoms with E-state index in [2.05, 4.69) is 0 Å².